The van der Waals surface area contributed by atoms with Crippen LogP contribution in [0.25, 0.3) is 0 Å². The molecule has 3 rings (SSSR count). The van der Waals surface area contributed by atoms with E-state index in [0.29, 0.717) is 25.3 Å². The van der Waals surface area contributed by atoms with Gasteiger partial charge in [0.05, 0.1) is 18.6 Å². The SMILES string of the molecule is O=C(CCOc1ccccc1)NCc1ccc(C(=O)NCc2ccc(C(=O)O)cc2)cc1. The monoisotopic (exact) mass is 432 g/mol. The first-order valence-corrected chi connectivity index (χ1v) is 10.1. The van der Waals surface area contributed by atoms with Crippen LogP contribution in [0.4, 0.5) is 0 Å². The van der Waals surface area contributed by atoms with Gasteiger partial charge in [-0.1, -0.05) is 42.5 Å². The number of carbonyl (C=O) groups is 3. The minimum absolute atomic E-state index is 0.114. The van der Waals surface area contributed by atoms with Crippen LogP contribution in [-0.4, -0.2) is 29.5 Å². The fourth-order valence-electron chi connectivity index (χ4n) is 2.89. The molecule has 7 heteroatoms. The van der Waals surface area contributed by atoms with Crippen LogP contribution in [0.3, 0.4) is 0 Å². The zero-order chi connectivity index (χ0) is 22.8. The van der Waals surface area contributed by atoms with Gasteiger partial charge in [0.15, 0.2) is 0 Å². The topological polar surface area (TPSA) is 105 Å². The first-order chi connectivity index (χ1) is 15.5. The molecular formula is C25H24N2O5. The molecule has 0 aliphatic carbocycles. The molecular weight excluding hydrogens is 408 g/mol. The number of aromatic carboxylic acids is 1. The summed E-state index contributed by atoms with van der Waals surface area (Å²) in [5.74, 6) is -0.610. The van der Waals surface area contributed by atoms with E-state index in [0.717, 1.165) is 16.9 Å². The molecule has 2 amide bonds. The normalized spacial score (nSPS) is 10.2. The Balaban J connectivity index is 1.39. The van der Waals surface area contributed by atoms with Gasteiger partial charge in [-0.3, -0.25) is 9.59 Å². The maximum atomic E-state index is 12.3. The van der Waals surface area contributed by atoms with Gasteiger partial charge < -0.3 is 20.5 Å². The summed E-state index contributed by atoms with van der Waals surface area (Å²) in [6, 6.07) is 22.6. The molecule has 0 heterocycles. The van der Waals surface area contributed by atoms with E-state index in [1.165, 1.54) is 12.1 Å². The molecule has 0 saturated heterocycles. The van der Waals surface area contributed by atoms with Gasteiger partial charge in [-0.15, -0.1) is 0 Å². The second-order valence-electron chi connectivity index (χ2n) is 7.07. The van der Waals surface area contributed by atoms with E-state index >= 15 is 0 Å². The summed E-state index contributed by atoms with van der Waals surface area (Å²) in [5, 5.41) is 14.5. The van der Waals surface area contributed by atoms with Crippen molar-refractivity contribution in [2.75, 3.05) is 6.61 Å². The summed E-state index contributed by atoms with van der Waals surface area (Å²) >= 11 is 0. The lowest BCUT2D eigenvalue weighted by Gasteiger charge is -2.09. The van der Waals surface area contributed by atoms with E-state index in [1.807, 2.05) is 30.3 Å². The van der Waals surface area contributed by atoms with Gasteiger partial charge in [-0.2, -0.15) is 0 Å². The molecule has 0 bridgehead atoms. The van der Waals surface area contributed by atoms with Gasteiger partial charge in [-0.25, -0.2) is 4.79 Å². The van der Waals surface area contributed by atoms with Gasteiger partial charge in [-0.05, 0) is 47.5 Å². The third kappa shape index (κ3) is 6.98. The molecule has 3 N–H and O–H groups in total. The van der Waals surface area contributed by atoms with Crippen LogP contribution in [-0.2, 0) is 17.9 Å². The number of hydrogen-bond donors (Lipinski definition) is 3. The minimum atomic E-state index is -0.989. The van der Waals surface area contributed by atoms with Crippen LogP contribution in [0.2, 0.25) is 0 Å². The van der Waals surface area contributed by atoms with E-state index < -0.39 is 5.97 Å². The van der Waals surface area contributed by atoms with Crippen molar-refractivity contribution >= 4 is 17.8 Å². The number of nitrogens with one attached hydrogen (secondary N) is 2. The molecule has 0 unspecified atom stereocenters. The quantitative estimate of drug-likeness (QED) is 0.455. The van der Waals surface area contributed by atoms with Crippen LogP contribution in [0, 0.1) is 0 Å². The predicted molar refractivity (Wildman–Crippen MR) is 119 cm³/mol. The number of ether oxygens (including phenoxy) is 1. The molecule has 7 nitrogen and oxygen atoms in total. The molecule has 0 spiro atoms. The number of benzene rings is 3. The molecule has 0 saturated carbocycles. The molecule has 0 radical (unpaired) electrons. The van der Waals surface area contributed by atoms with Crippen molar-refractivity contribution < 1.29 is 24.2 Å². The third-order valence-electron chi connectivity index (χ3n) is 4.70. The third-order valence-corrected chi connectivity index (χ3v) is 4.70. The Morgan fingerprint density at radius 1 is 0.719 bits per heavy atom. The average molecular weight is 432 g/mol. The zero-order valence-electron chi connectivity index (χ0n) is 17.4. The summed E-state index contributed by atoms with van der Waals surface area (Å²) in [7, 11) is 0. The highest BCUT2D eigenvalue weighted by Crippen LogP contribution is 2.09. The zero-order valence-corrected chi connectivity index (χ0v) is 17.4. The minimum Gasteiger partial charge on any atom is -0.493 e. The Labute approximate surface area is 186 Å². The van der Waals surface area contributed by atoms with Crippen LogP contribution in [0.5, 0.6) is 5.75 Å². The Morgan fingerprint density at radius 2 is 1.28 bits per heavy atom. The van der Waals surface area contributed by atoms with Crippen molar-refractivity contribution in [3.05, 3.63) is 101 Å². The summed E-state index contributed by atoms with van der Waals surface area (Å²) < 4.78 is 5.51. The maximum Gasteiger partial charge on any atom is 0.335 e. The van der Waals surface area contributed by atoms with Gasteiger partial charge in [0.25, 0.3) is 5.91 Å². The first-order valence-electron chi connectivity index (χ1n) is 10.1. The summed E-state index contributed by atoms with van der Waals surface area (Å²) in [4.78, 5) is 35.2. The van der Waals surface area contributed by atoms with E-state index in [2.05, 4.69) is 10.6 Å². The number of hydrogen-bond acceptors (Lipinski definition) is 4. The molecule has 0 atom stereocenters. The molecule has 0 aromatic heterocycles. The second kappa shape index (κ2) is 11.3. The fourth-order valence-corrected chi connectivity index (χ4v) is 2.89. The highest BCUT2D eigenvalue weighted by molar-refractivity contribution is 5.94. The summed E-state index contributed by atoms with van der Waals surface area (Å²) in [5.41, 5.74) is 2.38. The Morgan fingerprint density at radius 3 is 1.88 bits per heavy atom. The number of carboxylic acid groups (broad SMARTS) is 1. The van der Waals surface area contributed by atoms with Gasteiger partial charge in [0.2, 0.25) is 5.91 Å². The fraction of sp³-hybridized carbons (Fsp3) is 0.160. The largest absolute Gasteiger partial charge is 0.493 e. The highest BCUT2D eigenvalue weighted by atomic mass is 16.5. The van der Waals surface area contributed by atoms with Crippen LogP contribution < -0.4 is 15.4 Å². The number of carboxylic acids is 1. The van der Waals surface area contributed by atoms with E-state index in [-0.39, 0.29) is 23.8 Å². The average Bonchev–Trinajstić information content (AvgIpc) is 2.82. The van der Waals surface area contributed by atoms with Crippen molar-refractivity contribution in [3.8, 4) is 5.75 Å². The van der Waals surface area contributed by atoms with E-state index in [1.54, 1.807) is 36.4 Å². The Hall–Kier alpha value is -4.13. The molecule has 3 aromatic rings. The first kappa shape index (κ1) is 22.6. The lowest BCUT2D eigenvalue weighted by Crippen LogP contribution is -2.25. The molecule has 164 valence electrons. The van der Waals surface area contributed by atoms with Gasteiger partial charge in [0.1, 0.15) is 5.75 Å². The molecule has 0 aliphatic rings. The van der Waals surface area contributed by atoms with Crippen molar-refractivity contribution in [1.29, 1.82) is 0 Å². The van der Waals surface area contributed by atoms with Crippen LogP contribution >= 0.6 is 0 Å². The molecule has 0 aliphatic heterocycles. The molecule has 32 heavy (non-hydrogen) atoms. The standard InChI is InChI=1S/C25H24N2O5/c28-23(14-15-32-22-4-2-1-3-5-22)26-16-18-6-10-20(11-7-18)24(29)27-17-19-8-12-21(13-9-19)25(30)31/h1-13H,14-17H2,(H,26,28)(H,27,29)(H,30,31). The van der Waals surface area contributed by atoms with Crippen molar-refractivity contribution in [3.63, 3.8) is 0 Å². The van der Waals surface area contributed by atoms with Gasteiger partial charge in [0, 0.05) is 18.7 Å². The molecule has 3 aromatic carbocycles. The maximum absolute atomic E-state index is 12.3. The number of carbonyl (C=O) groups excluding carboxylic acids is 2. The van der Waals surface area contributed by atoms with Crippen molar-refractivity contribution in [1.82, 2.24) is 10.6 Å². The molecule has 0 fully saturated rings. The van der Waals surface area contributed by atoms with Gasteiger partial charge >= 0.3 is 5.97 Å². The summed E-state index contributed by atoms with van der Waals surface area (Å²) in [6.07, 6.45) is 0.253. The van der Waals surface area contributed by atoms with Crippen molar-refractivity contribution in [2.45, 2.75) is 19.5 Å². The van der Waals surface area contributed by atoms with Crippen LogP contribution in [0.1, 0.15) is 38.3 Å². The van der Waals surface area contributed by atoms with Crippen molar-refractivity contribution in [2.24, 2.45) is 0 Å². The number of para-hydroxylation sites is 1. The smallest absolute Gasteiger partial charge is 0.335 e. The number of amides is 2. The lowest BCUT2D eigenvalue weighted by atomic mass is 10.1. The second-order valence-corrected chi connectivity index (χ2v) is 7.07. The lowest BCUT2D eigenvalue weighted by molar-refractivity contribution is -0.121. The Bertz CT molecular complexity index is 1050. The predicted octanol–water partition coefficient (Wildman–Crippen LogP) is 3.40. The van der Waals surface area contributed by atoms with Crippen LogP contribution in [0.15, 0.2) is 78.9 Å². The highest BCUT2D eigenvalue weighted by Gasteiger charge is 2.07. The Kier molecular flexibility index (Phi) is 7.97. The number of rotatable bonds is 10. The van der Waals surface area contributed by atoms with E-state index in [4.69, 9.17) is 9.84 Å². The summed E-state index contributed by atoms with van der Waals surface area (Å²) in [6.45, 7) is 0.956. The van der Waals surface area contributed by atoms with E-state index in [9.17, 15) is 14.4 Å².